The molecule has 128 valence electrons. The van der Waals surface area contributed by atoms with Gasteiger partial charge < -0.3 is 10.2 Å². The lowest BCUT2D eigenvalue weighted by Gasteiger charge is -2.37. The topological polar surface area (TPSA) is 58.1 Å². The Labute approximate surface area is 139 Å². The van der Waals surface area contributed by atoms with Gasteiger partial charge in [-0.1, -0.05) is 26.0 Å². The Morgan fingerprint density at radius 3 is 2.75 bits per heavy atom. The maximum Gasteiger partial charge on any atom is 0.297 e. The Morgan fingerprint density at radius 2 is 2.04 bits per heavy atom. The Balaban J connectivity index is 2.13. The highest BCUT2D eigenvalue weighted by molar-refractivity contribution is 5.93. The molecule has 1 aliphatic heterocycles. The highest BCUT2D eigenvalue weighted by atomic mass is 19.3. The number of nitrogens with zero attached hydrogens (tertiary/aromatic N) is 3. The summed E-state index contributed by atoms with van der Waals surface area (Å²) in [5.41, 5.74) is 0.465. The van der Waals surface area contributed by atoms with Crippen LogP contribution in [0.25, 0.3) is 10.9 Å². The number of amides is 1. The first-order valence-electron chi connectivity index (χ1n) is 8.06. The quantitative estimate of drug-likeness (QED) is 0.934. The van der Waals surface area contributed by atoms with Crippen molar-refractivity contribution in [3.8, 4) is 0 Å². The maximum absolute atomic E-state index is 13.2. The lowest BCUT2D eigenvalue weighted by molar-refractivity contribution is -0.123. The summed E-state index contributed by atoms with van der Waals surface area (Å²) in [6.45, 7) is 5.06. The van der Waals surface area contributed by atoms with Gasteiger partial charge in [-0.25, -0.2) is 18.7 Å². The number of aromatic nitrogens is 2. The van der Waals surface area contributed by atoms with Crippen LogP contribution in [0.4, 0.5) is 14.6 Å². The summed E-state index contributed by atoms with van der Waals surface area (Å²) in [5, 5.41) is 3.54. The van der Waals surface area contributed by atoms with Crippen LogP contribution in [0, 0.1) is 5.92 Å². The molecule has 0 bridgehead atoms. The van der Waals surface area contributed by atoms with E-state index >= 15 is 0 Å². The van der Waals surface area contributed by atoms with Crippen molar-refractivity contribution >= 4 is 22.6 Å². The van der Waals surface area contributed by atoms with Gasteiger partial charge in [-0.15, -0.1) is 0 Å². The lowest BCUT2D eigenvalue weighted by Crippen LogP contribution is -2.56. The van der Waals surface area contributed by atoms with Gasteiger partial charge in [0.2, 0.25) is 5.91 Å². The van der Waals surface area contributed by atoms with Gasteiger partial charge in [0.15, 0.2) is 5.82 Å². The molecule has 1 aliphatic rings. The first-order valence-corrected chi connectivity index (χ1v) is 8.06. The van der Waals surface area contributed by atoms with Crippen molar-refractivity contribution in [3.05, 3.63) is 30.1 Å². The van der Waals surface area contributed by atoms with E-state index in [2.05, 4.69) is 15.3 Å². The number of fused-ring (bicyclic) bond motifs is 1. The van der Waals surface area contributed by atoms with E-state index < -0.39 is 18.3 Å². The summed E-state index contributed by atoms with van der Waals surface area (Å²) in [4.78, 5) is 22.2. The molecule has 2 aromatic rings. The third-order valence-electron chi connectivity index (χ3n) is 4.09. The minimum absolute atomic E-state index is 0.0868. The van der Waals surface area contributed by atoms with Crippen molar-refractivity contribution in [2.45, 2.75) is 32.7 Å². The number of rotatable bonds is 4. The summed E-state index contributed by atoms with van der Waals surface area (Å²) >= 11 is 0. The van der Waals surface area contributed by atoms with Crippen molar-refractivity contribution in [1.29, 1.82) is 0 Å². The molecule has 2 heterocycles. The molecule has 1 amide bonds. The number of piperazine rings is 1. The van der Waals surface area contributed by atoms with Crippen molar-refractivity contribution in [2.24, 2.45) is 5.92 Å². The number of benzene rings is 1. The second-order valence-electron chi connectivity index (χ2n) is 6.35. The molecule has 1 fully saturated rings. The standard InChI is InChI=1S/C17H20F2N4O/c1-10(2)9-13-17(24)20-7-8-23(13)16-11-5-3-4-6-12(11)21-15(22-16)14(18)19/h3-6,10,13-14H,7-9H2,1-2H3,(H,20,24). The smallest absolute Gasteiger partial charge is 0.297 e. The predicted octanol–water partition coefficient (Wildman–Crippen LogP) is 2.92. The number of carbonyl (C=O) groups excluding carboxylic acids is 1. The van der Waals surface area contributed by atoms with E-state index in [9.17, 15) is 13.6 Å². The average molecular weight is 334 g/mol. The van der Waals surface area contributed by atoms with Crippen molar-refractivity contribution in [3.63, 3.8) is 0 Å². The van der Waals surface area contributed by atoms with Gasteiger partial charge >= 0.3 is 0 Å². The maximum atomic E-state index is 13.2. The second kappa shape index (κ2) is 6.67. The summed E-state index contributed by atoms with van der Waals surface area (Å²) in [6, 6.07) is 6.65. The van der Waals surface area contributed by atoms with Crippen molar-refractivity contribution in [2.75, 3.05) is 18.0 Å². The van der Waals surface area contributed by atoms with Gasteiger partial charge in [0.1, 0.15) is 11.9 Å². The molecule has 0 radical (unpaired) electrons. The number of hydrogen-bond donors (Lipinski definition) is 1. The Kier molecular flexibility index (Phi) is 4.59. The molecule has 0 saturated carbocycles. The SMILES string of the molecule is CC(C)CC1C(=O)NCCN1c1nc(C(F)F)nc2ccccc12. The molecule has 1 aromatic carbocycles. The van der Waals surface area contributed by atoms with Crippen molar-refractivity contribution < 1.29 is 13.6 Å². The Morgan fingerprint density at radius 1 is 1.29 bits per heavy atom. The summed E-state index contributed by atoms with van der Waals surface area (Å²) < 4.78 is 26.4. The molecule has 1 N–H and O–H groups in total. The number of anilines is 1. The fourth-order valence-electron chi connectivity index (χ4n) is 3.04. The Hall–Kier alpha value is -2.31. The minimum atomic E-state index is -2.75. The molecule has 7 heteroatoms. The zero-order valence-electron chi connectivity index (χ0n) is 13.7. The van der Waals surface area contributed by atoms with Crippen LogP contribution < -0.4 is 10.2 Å². The number of halogens is 2. The molecule has 1 unspecified atom stereocenters. The van der Waals surface area contributed by atoms with Crippen LogP contribution in [0.3, 0.4) is 0 Å². The zero-order valence-corrected chi connectivity index (χ0v) is 13.7. The first-order chi connectivity index (χ1) is 11.5. The molecule has 24 heavy (non-hydrogen) atoms. The number of alkyl halides is 2. The third-order valence-corrected chi connectivity index (χ3v) is 4.09. The van der Waals surface area contributed by atoms with E-state index in [-0.39, 0.29) is 5.91 Å². The number of nitrogens with one attached hydrogen (secondary N) is 1. The Bertz CT molecular complexity index is 750. The largest absolute Gasteiger partial charge is 0.353 e. The van der Waals surface area contributed by atoms with E-state index in [0.29, 0.717) is 42.1 Å². The van der Waals surface area contributed by atoms with Gasteiger partial charge in [-0.05, 0) is 24.5 Å². The van der Waals surface area contributed by atoms with E-state index in [1.807, 2.05) is 24.8 Å². The van der Waals surface area contributed by atoms with Crippen LogP contribution in [-0.2, 0) is 4.79 Å². The monoisotopic (exact) mass is 334 g/mol. The molecule has 0 aliphatic carbocycles. The summed E-state index contributed by atoms with van der Waals surface area (Å²) in [5.74, 6) is 0.120. The summed E-state index contributed by atoms with van der Waals surface area (Å²) in [6.07, 6.45) is -2.12. The molecular weight excluding hydrogens is 314 g/mol. The van der Waals surface area contributed by atoms with E-state index in [1.165, 1.54) is 0 Å². The average Bonchev–Trinajstić information content (AvgIpc) is 2.55. The van der Waals surface area contributed by atoms with Crippen molar-refractivity contribution in [1.82, 2.24) is 15.3 Å². The second-order valence-corrected chi connectivity index (χ2v) is 6.35. The van der Waals surface area contributed by atoms with E-state index in [0.717, 1.165) is 0 Å². The van der Waals surface area contributed by atoms with Crippen LogP contribution in [-0.4, -0.2) is 35.0 Å². The van der Waals surface area contributed by atoms with E-state index in [1.54, 1.807) is 18.2 Å². The van der Waals surface area contributed by atoms with E-state index in [4.69, 9.17) is 0 Å². The number of hydrogen-bond acceptors (Lipinski definition) is 4. The van der Waals surface area contributed by atoms with Gasteiger partial charge in [-0.3, -0.25) is 4.79 Å². The molecule has 0 spiro atoms. The normalized spacial score (nSPS) is 18.5. The van der Waals surface area contributed by atoms with Crippen LogP contribution in [0.1, 0.15) is 32.5 Å². The first kappa shape index (κ1) is 16.5. The van der Waals surface area contributed by atoms with Gasteiger partial charge in [0, 0.05) is 18.5 Å². The van der Waals surface area contributed by atoms with Gasteiger partial charge in [-0.2, -0.15) is 0 Å². The number of carbonyl (C=O) groups is 1. The fraction of sp³-hybridized carbons (Fsp3) is 0.471. The molecule has 5 nitrogen and oxygen atoms in total. The summed E-state index contributed by atoms with van der Waals surface area (Å²) in [7, 11) is 0. The molecule has 1 atom stereocenters. The van der Waals surface area contributed by atoms with Gasteiger partial charge in [0.05, 0.1) is 5.52 Å². The minimum Gasteiger partial charge on any atom is -0.353 e. The fourth-order valence-corrected chi connectivity index (χ4v) is 3.04. The van der Waals surface area contributed by atoms with Crippen LogP contribution >= 0.6 is 0 Å². The molecule has 3 rings (SSSR count). The molecular formula is C17H20F2N4O. The van der Waals surface area contributed by atoms with Crippen LogP contribution in [0.15, 0.2) is 24.3 Å². The highest BCUT2D eigenvalue weighted by Gasteiger charge is 2.32. The lowest BCUT2D eigenvalue weighted by atomic mass is 9.99. The molecule has 1 saturated heterocycles. The van der Waals surface area contributed by atoms with Crippen LogP contribution in [0.2, 0.25) is 0 Å². The van der Waals surface area contributed by atoms with Crippen LogP contribution in [0.5, 0.6) is 0 Å². The predicted molar refractivity (Wildman–Crippen MR) is 88.1 cm³/mol. The zero-order chi connectivity index (χ0) is 17.3. The van der Waals surface area contributed by atoms with Gasteiger partial charge in [0.25, 0.3) is 6.43 Å². The highest BCUT2D eigenvalue weighted by Crippen LogP contribution is 2.30. The molecule has 1 aromatic heterocycles. The number of para-hydroxylation sites is 1. The third kappa shape index (κ3) is 3.16.